The summed E-state index contributed by atoms with van der Waals surface area (Å²) in [4.78, 5) is 12.8. The van der Waals surface area contributed by atoms with Crippen molar-refractivity contribution in [3.63, 3.8) is 0 Å². The molecule has 0 spiro atoms. The maximum absolute atomic E-state index is 11.7. The Hall–Kier alpha value is -1.04. The van der Waals surface area contributed by atoms with E-state index in [2.05, 4.69) is 26.6 Å². The average molecular weight is 386 g/mol. The summed E-state index contributed by atoms with van der Waals surface area (Å²) >= 11 is 11.0. The Morgan fingerprint density at radius 3 is 2.52 bits per heavy atom. The second-order valence-corrected chi connectivity index (χ2v) is 7.62. The second-order valence-electron chi connectivity index (χ2n) is 5.03. The molecule has 1 aliphatic rings. The predicted octanol–water partition coefficient (Wildman–Crippen LogP) is 5.12. The van der Waals surface area contributed by atoms with E-state index in [9.17, 15) is 4.79 Å². The van der Waals surface area contributed by atoms with E-state index in [0.29, 0.717) is 0 Å². The van der Waals surface area contributed by atoms with Crippen LogP contribution in [0.4, 0.5) is 11.4 Å². The quantitative estimate of drug-likeness (QED) is 0.749. The maximum atomic E-state index is 11.7. The molecule has 1 fully saturated rings. The minimum atomic E-state index is 0.133. The number of thiophene rings is 1. The molecule has 1 amide bonds. The lowest BCUT2D eigenvalue weighted by molar-refractivity contribution is -0.117. The van der Waals surface area contributed by atoms with E-state index in [4.69, 9.17) is 11.6 Å². The van der Waals surface area contributed by atoms with Gasteiger partial charge in [-0.3, -0.25) is 4.79 Å². The number of amides is 1. The van der Waals surface area contributed by atoms with Gasteiger partial charge in [0.15, 0.2) is 0 Å². The zero-order chi connectivity index (χ0) is 14.8. The Morgan fingerprint density at radius 1 is 1.29 bits per heavy atom. The summed E-state index contributed by atoms with van der Waals surface area (Å²) in [6.45, 7) is 0.726. The summed E-state index contributed by atoms with van der Waals surface area (Å²) in [7, 11) is 0. The minimum absolute atomic E-state index is 0.133. The van der Waals surface area contributed by atoms with E-state index in [0.717, 1.165) is 44.4 Å². The molecule has 1 aliphatic carbocycles. The van der Waals surface area contributed by atoms with Crippen molar-refractivity contribution in [1.82, 2.24) is 0 Å². The van der Waals surface area contributed by atoms with Crippen molar-refractivity contribution in [3.8, 4) is 0 Å². The molecular formula is C15H14BrClN2OS. The van der Waals surface area contributed by atoms with Crippen molar-refractivity contribution >= 4 is 56.1 Å². The van der Waals surface area contributed by atoms with Crippen molar-refractivity contribution in [1.29, 1.82) is 0 Å². The first-order valence-electron chi connectivity index (χ1n) is 6.70. The van der Waals surface area contributed by atoms with Crippen LogP contribution in [0.5, 0.6) is 0 Å². The lowest BCUT2D eigenvalue weighted by Gasteiger charge is -2.07. The highest BCUT2D eigenvalue weighted by Crippen LogP contribution is 2.32. The third-order valence-corrected chi connectivity index (χ3v) is 5.74. The molecule has 0 atom stereocenters. The smallest absolute Gasteiger partial charge is 0.227 e. The summed E-state index contributed by atoms with van der Waals surface area (Å²) in [5.41, 5.74) is 1.86. The van der Waals surface area contributed by atoms with Gasteiger partial charge in [0, 0.05) is 33.2 Å². The van der Waals surface area contributed by atoms with Crippen LogP contribution in [0.3, 0.4) is 0 Å². The molecule has 0 radical (unpaired) electrons. The third kappa shape index (κ3) is 3.99. The number of halogens is 2. The molecule has 2 aromatic rings. The summed E-state index contributed by atoms with van der Waals surface area (Å²) in [6, 6.07) is 9.78. The van der Waals surface area contributed by atoms with E-state index in [1.54, 1.807) is 11.3 Å². The fourth-order valence-corrected chi connectivity index (χ4v) is 3.66. The number of hydrogen-bond donors (Lipinski definition) is 2. The maximum Gasteiger partial charge on any atom is 0.227 e. The molecule has 3 nitrogen and oxygen atoms in total. The summed E-state index contributed by atoms with van der Waals surface area (Å²) in [5.74, 6) is 0.360. The van der Waals surface area contributed by atoms with Gasteiger partial charge in [-0.05, 0) is 59.1 Å². The molecule has 3 rings (SSSR count). The molecule has 110 valence electrons. The lowest BCUT2D eigenvalue weighted by atomic mass is 10.2. The zero-order valence-corrected chi connectivity index (χ0v) is 14.3. The van der Waals surface area contributed by atoms with Crippen molar-refractivity contribution in [2.45, 2.75) is 19.4 Å². The Balaban J connectivity index is 1.55. The molecule has 21 heavy (non-hydrogen) atoms. The Kier molecular flexibility index (Phi) is 4.52. The zero-order valence-electron chi connectivity index (χ0n) is 11.2. The van der Waals surface area contributed by atoms with Crippen LogP contribution in [0.2, 0.25) is 4.34 Å². The van der Waals surface area contributed by atoms with Crippen molar-refractivity contribution in [3.05, 3.63) is 44.0 Å². The van der Waals surface area contributed by atoms with Crippen LogP contribution >= 0.6 is 38.9 Å². The number of nitrogens with one attached hydrogen (secondary N) is 2. The van der Waals surface area contributed by atoms with Gasteiger partial charge in [-0.1, -0.05) is 11.6 Å². The van der Waals surface area contributed by atoms with Gasteiger partial charge >= 0.3 is 0 Å². The summed E-state index contributed by atoms with van der Waals surface area (Å²) in [6.07, 6.45) is 2.04. The van der Waals surface area contributed by atoms with Gasteiger partial charge in [0.2, 0.25) is 5.91 Å². The number of hydrogen-bond acceptors (Lipinski definition) is 3. The highest BCUT2D eigenvalue weighted by atomic mass is 79.9. The monoisotopic (exact) mass is 384 g/mol. The molecule has 2 N–H and O–H groups in total. The van der Waals surface area contributed by atoms with E-state index >= 15 is 0 Å². The van der Waals surface area contributed by atoms with Crippen molar-refractivity contribution < 1.29 is 4.79 Å². The summed E-state index contributed by atoms with van der Waals surface area (Å²) in [5, 5.41) is 6.26. The first-order valence-corrected chi connectivity index (χ1v) is 8.69. The Bertz CT molecular complexity index is 633. The molecule has 0 bridgehead atoms. The van der Waals surface area contributed by atoms with Crippen LogP contribution < -0.4 is 10.6 Å². The van der Waals surface area contributed by atoms with Crippen LogP contribution in [0.1, 0.15) is 17.7 Å². The second kappa shape index (κ2) is 6.38. The fourth-order valence-electron chi connectivity index (χ4n) is 1.93. The molecule has 0 unspecified atom stereocenters. The van der Waals surface area contributed by atoms with Crippen molar-refractivity contribution in [2.75, 3.05) is 10.6 Å². The van der Waals surface area contributed by atoms with Gasteiger partial charge in [-0.15, -0.1) is 11.3 Å². The van der Waals surface area contributed by atoms with Gasteiger partial charge in [-0.2, -0.15) is 0 Å². The van der Waals surface area contributed by atoms with Gasteiger partial charge in [0.25, 0.3) is 0 Å². The van der Waals surface area contributed by atoms with Crippen molar-refractivity contribution in [2.24, 2.45) is 5.92 Å². The van der Waals surface area contributed by atoms with Gasteiger partial charge in [-0.25, -0.2) is 0 Å². The largest absolute Gasteiger partial charge is 0.380 e. The standard InChI is InChI=1S/C15H14BrClN2OS/c16-13-7-12(21-14(13)17)8-18-10-3-5-11(6-4-10)19-15(20)9-1-2-9/h3-7,9,18H,1-2,8H2,(H,19,20). The van der Waals surface area contributed by atoms with Gasteiger partial charge < -0.3 is 10.6 Å². The highest BCUT2D eigenvalue weighted by molar-refractivity contribution is 9.10. The van der Waals surface area contributed by atoms with E-state index < -0.39 is 0 Å². The molecule has 1 aromatic carbocycles. The van der Waals surface area contributed by atoms with Crippen LogP contribution in [0.25, 0.3) is 0 Å². The number of rotatable bonds is 5. The summed E-state index contributed by atoms with van der Waals surface area (Å²) < 4.78 is 1.70. The molecular weight excluding hydrogens is 372 g/mol. The topological polar surface area (TPSA) is 41.1 Å². The first-order chi connectivity index (χ1) is 10.1. The number of carbonyl (C=O) groups is 1. The van der Waals surface area contributed by atoms with Gasteiger partial charge in [0.1, 0.15) is 4.34 Å². The Labute approximate surface area is 140 Å². The predicted molar refractivity (Wildman–Crippen MR) is 92.2 cm³/mol. The van der Waals surface area contributed by atoms with Crippen LogP contribution in [-0.4, -0.2) is 5.91 Å². The SMILES string of the molecule is O=C(Nc1ccc(NCc2cc(Br)c(Cl)s2)cc1)C1CC1. The number of carbonyl (C=O) groups excluding carboxylic acids is 1. The molecule has 0 aliphatic heterocycles. The van der Waals surface area contributed by atoms with Crippen LogP contribution in [-0.2, 0) is 11.3 Å². The fraction of sp³-hybridized carbons (Fsp3) is 0.267. The molecule has 1 aromatic heterocycles. The lowest BCUT2D eigenvalue weighted by Crippen LogP contribution is -2.13. The van der Waals surface area contributed by atoms with Gasteiger partial charge in [0.05, 0.1) is 0 Å². The minimum Gasteiger partial charge on any atom is -0.380 e. The highest BCUT2D eigenvalue weighted by Gasteiger charge is 2.29. The normalized spacial score (nSPS) is 14.0. The average Bonchev–Trinajstić information content (AvgIpc) is 3.26. The molecule has 0 saturated heterocycles. The van der Waals surface area contributed by atoms with E-state index in [1.807, 2.05) is 30.3 Å². The van der Waals surface area contributed by atoms with E-state index in [-0.39, 0.29) is 11.8 Å². The third-order valence-electron chi connectivity index (χ3n) is 3.26. The molecule has 1 saturated carbocycles. The van der Waals surface area contributed by atoms with Crippen LogP contribution in [0.15, 0.2) is 34.8 Å². The van der Waals surface area contributed by atoms with Crippen LogP contribution in [0, 0.1) is 5.92 Å². The number of anilines is 2. The first kappa shape index (κ1) is 14.9. The Morgan fingerprint density at radius 2 is 1.95 bits per heavy atom. The van der Waals surface area contributed by atoms with E-state index in [1.165, 1.54) is 0 Å². The number of benzene rings is 1. The molecule has 1 heterocycles. The molecule has 6 heteroatoms.